The summed E-state index contributed by atoms with van der Waals surface area (Å²) in [5, 5.41) is 26.8. The van der Waals surface area contributed by atoms with Gasteiger partial charge in [-0.05, 0) is 74.8 Å². The molecule has 356 valence electrons. The fourth-order valence-corrected chi connectivity index (χ4v) is 10.5. The monoisotopic (exact) mass is 970 g/mol. The SMILES string of the molecule is Cc1ncsc1-c1ccc(CCC(=O)[C@@H]2C[C@@H](O)CN2C(=O)[C@@H](NC(=O)COCCCOCCNC(=O)CC2N=C(c3ccc(Cl)cc3)c3c(sc(C)c3C)-n3c(C)nnc32)C(C)(C)C)cc1. The van der Waals surface area contributed by atoms with Crippen LogP contribution in [0.4, 0.5) is 0 Å². The highest BCUT2D eigenvalue weighted by Gasteiger charge is 2.44. The van der Waals surface area contributed by atoms with Crippen molar-refractivity contribution in [3.63, 3.8) is 0 Å². The summed E-state index contributed by atoms with van der Waals surface area (Å²) in [5.74, 6) is 0.103. The number of β-amino-alcohol motifs (C(OH)–C–C–N with tert-alkyl or cyclic N) is 1. The maximum Gasteiger partial charge on any atom is 0.246 e. The molecule has 7 rings (SSSR count). The van der Waals surface area contributed by atoms with Crippen LogP contribution in [0.15, 0.2) is 59.0 Å². The molecule has 2 aromatic carbocycles. The van der Waals surface area contributed by atoms with Gasteiger partial charge in [-0.2, -0.15) is 0 Å². The van der Waals surface area contributed by atoms with Crippen LogP contribution in [0.25, 0.3) is 15.4 Å². The van der Waals surface area contributed by atoms with E-state index in [1.165, 1.54) is 4.90 Å². The smallest absolute Gasteiger partial charge is 0.246 e. The molecule has 1 unspecified atom stereocenters. The number of halogens is 1. The minimum absolute atomic E-state index is 0.0154. The zero-order chi connectivity index (χ0) is 48.0. The molecule has 0 spiro atoms. The lowest BCUT2D eigenvalue weighted by Crippen LogP contribution is -2.57. The molecule has 0 bridgehead atoms. The Kier molecular flexibility index (Phi) is 16.2. The van der Waals surface area contributed by atoms with Crippen molar-refractivity contribution in [2.24, 2.45) is 10.4 Å². The number of likely N-dealkylation sites (tertiary alicyclic amines) is 1. The topological polar surface area (TPSA) is 190 Å². The van der Waals surface area contributed by atoms with E-state index in [1.54, 1.807) is 22.7 Å². The maximum atomic E-state index is 14.0. The third kappa shape index (κ3) is 11.9. The van der Waals surface area contributed by atoms with Crippen LogP contribution in [0.3, 0.4) is 0 Å². The number of amides is 3. The first-order chi connectivity index (χ1) is 32.0. The average molecular weight is 972 g/mol. The molecule has 3 N–H and O–H groups in total. The number of nitrogens with one attached hydrogen (secondary N) is 2. The molecule has 2 aliphatic rings. The normalized spacial score (nSPS) is 17.4. The number of fused-ring (bicyclic) bond motifs is 3. The molecule has 0 radical (unpaired) electrons. The van der Waals surface area contributed by atoms with E-state index in [0.717, 1.165) is 54.0 Å². The minimum Gasteiger partial charge on any atom is -0.391 e. The second-order valence-electron chi connectivity index (χ2n) is 18.2. The molecule has 18 heteroatoms. The largest absolute Gasteiger partial charge is 0.391 e. The van der Waals surface area contributed by atoms with Gasteiger partial charge < -0.3 is 30.1 Å². The third-order valence-electron chi connectivity index (χ3n) is 12.1. The van der Waals surface area contributed by atoms with Gasteiger partial charge in [0.05, 0.1) is 47.0 Å². The molecule has 4 atom stereocenters. The Balaban J connectivity index is 0.832. The maximum absolute atomic E-state index is 14.0. The number of hydrogen-bond acceptors (Lipinski definition) is 13. The van der Waals surface area contributed by atoms with Crippen LogP contribution in [0, 0.1) is 33.1 Å². The van der Waals surface area contributed by atoms with Crippen molar-refractivity contribution in [1.29, 1.82) is 0 Å². The number of Topliss-reactive ketones (excluding diaryl/α,β-unsaturated/α-hetero) is 1. The molecule has 0 aliphatic carbocycles. The van der Waals surface area contributed by atoms with Crippen LogP contribution in [0.1, 0.15) is 97.0 Å². The van der Waals surface area contributed by atoms with Crippen LogP contribution >= 0.6 is 34.3 Å². The number of aliphatic imine (C=N–C) groups is 1. The summed E-state index contributed by atoms with van der Waals surface area (Å²) in [7, 11) is 0. The van der Waals surface area contributed by atoms with Gasteiger partial charge in [-0.3, -0.25) is 28.7 Å². The highest BCUT2D eigenvalue weighted by Crippen LogP contribution is 2.40. The van der Waals surface area contributed by atoms with Gasteiger partial charge in [-0.25, -0.2) is 4.98 Å². The number of aromatic nitrogens is 4. The van der Waals surface area contributed by atoms with Crippen molar-refractivity contribution in [2.75, 3.05) is 39.5 Å². The van der Waals surface area contributed by atoms with Crippen molar-refractivity contribution >= 4 is 63.5 Å². The van der Waals surface area contributed by atoms with Crippen LogP contribution in [0.2, 0.25) is 5.02 Å². The van der Waals surface area contributed by atoms with Crippen molar-refractivity contribution in [2.45, 2.75) is 105 Å². The van der Waals surface area contributed by atoms with Crippen molar-refractivity contribution < 1.29 is 33.8 Å². The Morgan fingerprint density at radius 3 is 2.36 bits per heavy atom. The Bertz CT molecular complexity index is 2600. The molecule has 1 fully saturated rings. The van der Waals surface area contributed by atoms with E-state index in [0.29, 0.717) is 36.1 Å². The van der Waals surface area contributed by atoms with Gasteiger partial charge in [-0.1, -0.05) is 68.8 Å². The predicted molar refractivity (Wildman–Crippen MR) is 260 cm³/mol. The van der Waals surface area contributed by atoms with Gasteiger partial charge in [-0.15, -0.1) is 32.9 Å². The van der Waals surface area contributed by atoms with Crippen LogP contribution < -0.4 is 10.6 Å². The van der Waals surface area contributed by atoms with Gasteiger partial charge in [0.25, 0.3) is 0 Å². The minimum atomic E-state index is -0.949. The molecule has 0 saturated carbocycles. The number of hydrogen-bond donors (Lipinski definition) is 3. The second kappa shape index (κ2) is 21.8. The van der Waals surface area contributed by atoms with Crippen molar-refractivity contribution in [1.82, 2.24) is 35.3 Å². The standard InChI is InChI=1S/C49H59ClN8O7S2/c1-28-30(3)67-48-42(28)43(33-14-16-35(50)17-15-33)53-37(46-56-55-31(4)58(46)48)24-40(61)51-19-22-64-20-8-21-65-26-41(62)54-45(49(5,6)7)47(63)57-25-36(59)23-38(57)39(60)18-11-32-9-12-34(13-10-32)44-29(2)52-27-66-44/h9-10,12-17,27,36-38,45,59H,8,11,18-26H2,1-7H3,(H,51,61)(H,54,62)/t36-,37?,38+,45-/m1/s1. The molecule has 67 heavy (non-hydrogen) atoms. The number of aryl methyl sites for hydroxylation is 4. The Morgan fingerprint density at radius 2 is 1.66 bits per heavy atom. The van der Waals surface area contributed by atoms with Crippen LogP contribution in [-0.2, 0) is 35.1 Å². The molecular formula is C49H59ClN8O7S2. The number of aliphatic hydroxyl groups is 1. The number of benzene rings is 2. The number of ether oxygens (including phenoxy) is 2. The van der Waals surface area contributed by atoms with Crippen molar-refractivity contribution in [3.8, 4) is 15.4 Å². The molecule has 3 aromatic heterocycles. The van der Waals surface area contributed by atoms with Gasteiger partial charge in [0.2, 0.25) is 17.7 Å². The van der Waals surface area contributed by atoms with Crippen LogP contribution in [-0.4, -0.2) is 117 Å². The number of carbonyl (C=O) groups excluding carboxylic acids is 4. The highest BCUT2D eigenvalue weighted by atomic mass is 35.5. The molecule has 15 nitrogen and oxygen atoms in total. The van der Waals surface area contributed by atoms with E-state index >= 15 is 0 Å². The van der Waals surface area contributed by atoms with Gasteiger partial charge in [0.1, 0.15) is 29.5 Å². The number of carbonyl (C=O) groups is 4. The number of ketones is 1. The van der Waals surface area contributed by atoms with Gasteiger partial charge in [0.15, 0.2) is 11.6 Å². The Morgan fingerprint density at radius 1 is 0.940 bits per heavy atom. The van der Waals surface area contributed by atoms with Crippen molar-refractivity contribution in [3.05, 3.63) is 104 Å². The molecule has 1 saturated heterocycles. The number of nitrogens with zero attached hydrogens (tertiary/aromatic N) is 6. The summed E-state index contributed by atoms with van der Waals surface area (Å²) < 4.78 is 13.4. The predicted octanol–water partition coefficient (Wildman–Crippen LogP) is 6.86. The highest BCUT2D eigenvalue weighted by molar-refractivity contribution is 7.15. The van der Waals surface area contributed by atoms with E-state index in [2.05, 4.69) is 39.7 Å². The number of rotatable bonds is 19. The first kappa shape index (κ1) is 49.7. The molecule has 2 aliphatic heterocycles. The molecule has 3 amide bonds. The fourth-order valence-electron chi connectivity index (χ4n) is 8.39. The lowest BCUT2D eigenvalue weighted by Gasteiger charge is -2.35. The summed E-state index contributed by atoms with van der Waals surface area (Å²) in [5.41, 5.74) is 7.96. The van der Waals surface area contributed by atoms with E-state index in [4.69, 9.17) is 26.1 Å². The number of thiophene rings is 1. The first-order valence-corrected chi connectivity index (χ1v) is 24.7. The Hall–Kier alpha value is -5.17. The van der Waals surface area contributed by atoms with Gasteiger partial charge >= 0.3 is 0 Å². The lowest BCUT2D eigenvalue weighted by molar-refractivity contribution is -0.144. The van der Waals surface area contributed by atoms with Gasteiger partial charge in [0, 0.05) is 60.2 Å². The first-order valence-electron chi connectivity index (χ1n) is 22.6. The Labute approximate surface area is 404 Å². The summed E-state index contributed by atoms with van der Waals surface area (Å²) in [6.07, 6.45) is 0.580. The van der Waals surface area contributed by atoms with E-state index < -0.39 is 41.5 Å². The molecule has 5 heterocycles. The summed E-state index contributed by atoms with van der Waals surface area (Å²) >= 11 is 9.47. The quantitative estimate of drug-likeness (QED) is 0.0738. The second-order valence-corrected chi connectivity index (χ2v) is 20.7. The zero-order valence-corrected chi connectivity index (χ0v) is 41.4. The number of thiazole rings is 1. The zero-order valence-electron chi connectivity index (χ0n) is 39.1. The van der Waals surface area contributed by atoms with E-state index in [9.17, 15) is 24.3 Å². The summed E-state index contributed by atoms with van der Waals surface area (Å²) in [6.45, 7) is 14.4. The molecular weight excluding hydrogens is 912 g/mol. The fraction of sp³-hybridized carbons (Fsp3) is 0.469. The summed E-state index contributed by atoms with van der Waals surface area (Å²) in [6, 6.07) is 13.3. The third-order valence-corrected chi connectivity index (χ3v) is 14.5. The lowest BCUT2D eigenvalue weighted by atomic mass is 9.85. The molecule has 5 aromatic rings. The van der Waals surface area contributed by atoms with E-state index in [-0.39, 0.29) is 63.9 Å². The average Bonchev–Trinajstić information content (AvgIpc) is 4.06. The van der Waals surface area contributed by atoms with E-state index in [1.807, 2.05) is 93.2 Å². The number of aliphatic hydroxyl groups excluding tert-OH is 1. The van der Waals surface area contributed by atoms with Crippen LogP contribution in [0.5, 0.6) is 0 Å². The summed E-state index contributed by atoms with van der Waals surface area (Å²) in [4.78, 5) is 67.2.